The van der Waals surface area contributed by atoms with Crippen LogP contribution < -0.4 is 9.47 Å². The summed E-state index contributed by atoms with van der Waals surface area (Å²) in [5.41, 5.74) is 3.67. The quantitative estimate of drug-likeness (QED) is 0.302. The van der Waals surface area contributed by atoms with Crippen molar-refractivity contribution >= 4 is 38.0 Å². The Morgan fingerprint density at radius 3 is 1.32 bits per heavy atom. The zero-order chi connectivity index (χ0) is 21.4. The molecule has 0 N–H and O–H groups in total. The second-order valence-electron chi connectivity index (χ2n) is 9.05. The van der Waals surface area contributed by atoms with Gasteiger partial charge in [0.1, 0.15) is 11.5 Å². The molecule has 0 amide bonds. The van der Waals surface area contributed by atoms with E-state index in [2.05, 4.69) is 73.4 Å². The zero-order valence-corrected chi connectivity index (χ0v) is 21.0. The van der Waals surface area contributed by atoms with Crippen LogP contribution in [-0.4, -0.2) is 6.16 Å². The van der Waals surface area contributed by atoms with Gasteiger partial charge in [0.2, 0.25) is 0 Å². The van der Waals surface area contributed by atoms with Crippen LogP contribution in [0.2, 0.25) is 0 Å². The summed E-state index contributed by atoms with van der Waals surface area (Å²) in [6.45, 7) is 16.6. The highest BCUT2D eigenvalue weighted by Crippen LogP contribution is 2.39. The summed E-state index contributed by atoms with van der Waals surface area (Å²) in [6, 6.07) is 7.38. The van der Waals surface area contributed by atoms with Crippen molar-refractivity contribution in [3.05, 3.63) is 55.5 Å². The van der Waals surface area contributed by atoms with Gasteiger partial charge in [-0.25, -0.2) is 4.79 Å². The molecule has 0 fully saturated rings. The Hall–Kier alpha value is -1.33. The maximum atomic E-state index is 12.7. The van der Waals surface area contributed by atoms with Crippen LogP contribution in [0.1, 0.15) is 63.8 Å². The molecule has 0 saturated heterocycles. The molecule has 0 heterocycles. The van der Waals surface area contributed by atoms with E-state index < -0.39 is 6.16 Å². The van der Waals surface area contributed by atoms with Gasteiger partial charge in [0.15, 0.2) is 0 Å². The third kappa shape index (κ3) is 4.98. The Bertz CT molecular complexity index is 830. The van der Waals surface area contributed by atoms with Gasteiger partial charge in [-0.15, -0.1) is 0 Å². The van der Waals surface area contributed by atoms with Crippen molar-refractivity contribution in [2.75, 3.05) is 0 Å². The van der Waals surface area contributed by atoms with E-state index in [1.807, 2.05) is 26.0 Å². The fraction of sp³-hybridized carbons (Fsp3) is 0.435. The molecule has 0 atom stereocenters. The first-order chi connectivity index (χ1) is 12.7. The van der Waals surface area contributed by atoms with Crippen molar-refractivity contribution in [1.82, 2.24) is 0 Å². The molecule has 0 aliphatic rings. The molecule has 0 bridgehead atoms. The second kappa shape index (κ2) is 8.19. The first-order valence-electron chi connectivity index (χ1n) is 9.22. The highest BCUT2D eigenvalue weighted by atomic mass is 79.9. The highest BCUT2D eigenvalue weighted by Gasteiger charge is 2.27. The van der Waals surface area contributed by atoms with Gasteiger partial charge in [-0.05, 0) is 60.1 Å². The number of hydrogen-bond acceptors (Lipinski definition) is 3. The molecule has 0 aliphatic heterocycles. The molecule has 152 valence electrons. The van der Waals surface area contributed by atoms with E-state index in [0.717, 1.165) is 31.2 Å². The van der Waals surface area contributed by atoms with Crippen LogP contribution in [0.4, 0.5) is 4.79 Å². The number of carbonyl (C=O) groups excluding carboxylic acids is 1. The van der Waals surface area contributed by atoms with Gasteiger partial charge >= 0.3 is 6.16 Å². The molecule has 0 radical (unpaired) electrons. The number of rotatable bonds is 2. The molecule has 0 aromatic heterocycles. The van der Waals surface area contributed by atoms with Crippen LogP contribution in [-0.2, 0) is 10.8 Å². The summed E-state index contributed by atoms with van der Waals surface area (Å²) in [4.78, 5) is 12.7. The summed E-state index contributed by atoms with van der Waals surface area (Å²) in [7, 11) is 0. The number of halogens is 2. The molecule has 2 aromatic rings. The summed E-state index contributed by atoms with van der Waals surface area (Å²) in [6.07, 6.45) is -0.737. The first-order valence-corrected chi connectivity index (χ1v) is 10.8. The van der Waals surface area contributed by atoms with E-state index in [1.165, 1.54) is 0 Å². The van der Waals surface area contributed by atoms with E-state index in [9.17, 15) is 4.79 Å². The second-order valence-corrected chi connectivity index (χ2v) is 10.8. The van der Waals surface area contributed by atoms with E-state index in [0.29, 0.717) is 11.5 Å². The van der Waals surface area contributed by atoms with Gasteiger partial charge in [0.05, 0.1) is 0 Å². The highest BCUT2D eigenvalue weighted by molar-refractivity contribution is 9.10. The minimum Gasteiger partial charge on any atom is -0.394 e. The Balaban J connectivity index is 2.40. The average Bonchev–Trinajstić information content (AvgIpc) is 2.52. The average molecular weight is 512 g/mol. The molecule has 0 saturated carbocycles. The predicted octanol–water partition coefficient (Wildman–Crippen LogP) is 8.00. The van der Waals surface area contributed by atoms with Gasteiger partial charge in [-0.1, -0.05) is 73.4 Å². The third-order valence-electron chi connectivity index (χ3n) is 4.61. The van der Waals surface area contributed by atoms with Gasteiger partial charge in [-0.2, -0.15) is 0 Å². The third-order valence-corrected chi connectivity index (χ3v) is 6.33. The number of hydrogen-bond donors (Lipinski definition) is 0. The lowest BCUT2D eigenvalue weighted by atomic mass is 9.83. The Morgan fingerprint density at radius 1 is 0.714 bits per heavy atom. The van der Waals surface area contributed by atoms with Crippen LogP contribution in [0, 0.1) is 13.8 Å². The molecule has 3 nitrogen and oxygen atoms in total. The number of benzene rings is 2. The van der Waals surface area contributed by atoms with Crippen molar-refractivity contribution in [3.63, 3.8) is 0 Å². The fourth-order valence-electron chi connectivity index (χ4n) is 3.56. The van der Waals surface area contributed by atoms with Crippen molar-refractivity contribution < 1.29 is 14.3 Å². The molecular weight excluding hydrogens is 484 g/mol. The van der Waals surface area contributed by atoms with E-state index in [1.54, 1.807) is 12.1 Å². The maximum Gasteiger partial charge on any atom is 0.519 e. The number of ether oxygens (including phenoxy) is 2. The van der Waals surface area contributed by atoms with E-state index >= 15 is 0 Å². The van der Waals surface area contributed by atoms with Crippen LogP contribution in [0.3, 0.4) is 0 Å². The van der Waals surface area contributed by atoms with Crippen molar-refractivity contribution in [3.8, 4) is 11.5 Å². The van der Waals surface area contributed by atoms with E-state index in [4.69, 9.17) is 9.47 Å². The minimum absolute atomic E-state index is 0.186. The SMILES string of the molecule is Cc1c(Br)ccc(OC(=O)Oc2ccc(Br)c(C)c2C(C)(C)C)c1C(C)(C)C. The van der Waals surface area contributed by atoms with Crippen molar-refractivity contribution in [2.24, 2.45) is 0 Å². The molecule has 0 spiro atoms. The lowest BCUT2D eigenvalue weighted by Gasteiger charge is -2.26. The van der Waals surface area contributed by atoms with Crippen LogP contribution in [0.15, 0.2) is 33.2 Å². The van der Waals surface area contributed by atoms with E-state index in [-0.39, 0.29) is 10.8 Å². The Morgan fingerprint density at radius 2 is 1.04 bits per heavy atom. The summed E-state index contributed by atoms with van der Waals surface area (Å²) < 4.78 is 13.3. The first kappa shape index (κ1) is 23.0. The predicted molar refractivity (Wildman–Crippen MR) is 122 cm³/mol. The van der Waals surface area contributed by atoms with Crippen LogP contribution >= 0.6 is 31.9 Å². The lowest BCUT2D eigenvalue weighted by molar-refractivity contribution is 0.150. The summed E-state index contributed by atoms with van der Waals surface area (Å²) >= 11 is 7.13. The maximum absolute atomic E-state index is 12.7. The van der Waals surface area contributed by atoms with Crippen LogP contribution in [0.25, 0.3) is 0 Å². The molecule has 28 heavy (non-hydrogen) atoms. The van der Waals surface area contributed by atoms with Gasteiger partial charge in [-0.3, -0.25) is 0 Å². The van der Waals surface area contributed by atoms with Gasteiger partial charge in [0, 0.05) is 20.1 Å². The normalized spacial score (nSPS) is 12.1. The van der Waals surface area contributed by atoms with Crippen molar-refractivity contribution in [1.29, 1.82) is 0 Å². The molecule has 5 heteroatoms. The zero-order valence-electron chi connectivity index (χ0n) is 17.8. The molecule has 0 aliphatic carbocycles. The molecule has 2 rings (SSSR count). The van der Waals surface area contributed by atoms with Crippen molar-refractivity contribution in [2.45, 2.75) is 66.2 Å². The van der Waals surface area contributed by atoms with Crippen LogP contribution in [0.5, 0.6) is 11.5 Å². The fourth-order valence-corrected chi connectivity index (χ4v) is 4.22. The number of carbonyl (C=O) groups is 1. The topological polar surface area (TPSA) is 35.5 Å². The summed E-state index contributed by atoms with van der Waals surface area (Å²) in [5, 5.41) is 0. The Kier molecular flexibility index (Phi) is 6.72. The lowest BCUT2D eigenvalue weighted by Crippen LogP contribution is -2.22. The van der Waals surface area contributed by atoms with Gasteiger partial charge in [0.25, 0.3) is 0 Å². The molecular formula is C23H28Br2O3. The largest absolute Gasteiger partial charge is 0.519 e. The van der Waals surface area contributed by atoms with Gasteiger partial charge < -0.3 is 9.47 Å². The summed E-state index contributed by atoms with van der Waals surface area (Å²) in [5.74, 6) is 1.04. The molecule has 0 unspecified atom stereocenters. The monoisotopic (exact) mass is 510 g/mol. The standard InChI is InChI=1S/C23H28Br2O3/c1-13-15(24)9-11-17(19(13)22(3,4)5)27-21(26)28-18-12-10-16(25)14(2)20(18)23(6,7)8/h9-12H,1-8H3. The Labute approximate surface area is 185 Å². The minimum atomic E-state index is -0.737. The smallest absolute Gasteiger partial charge is 0.394 e. The molecule has 2 aromatic carbocycles.